The minimum absolute atomic E-state index is 0.108. The average molecular weight is 236 g/mol. The Morgan fingerprint density at radius 2 is 2.06 bits per heavy atom. The molecule has 1 aromatic rings. The van der Waals surface area contributed by atoms with E-state index >= 15 is 0 Å². The van der Waals surface area contributed by atoms with E-state index in [2.05, 4.69) is 5.10 Å². The summed E-state index contributed by atoms with van der Waals surface area (Å²) in [5.74, 6) is -0.497. The van der Waals surface area contributed by atoms with Crippen LogP contribution in [0.3, 0.4) is 0 Å². The van der Waals surface area contributed by atoms with E-state index in [0.717, 1.165) is 17.0 Å². The molecule has 1 atom stereocenters. The van der Waals surface area contributed by atoms with Crippen LogP contribution in [-0.2, 0) is 23.2 Å². The number of hydrogen-bond acceptors (Lipinski definition) is 4. The fourth-order valence-electron chi connectivity index (χ4n) is 2.08. The Balaban J connectivity index is 2.27. The van der Waals surface area contributed by atoms with Crippen LogP contribution in [0.25, 0.3) is 0 Å². The third kappa shape index (κ3) is 1.84. The van der Waals surface area contributed by atoms with Crippen molar-refractivity contribution in [3.63, 3.8) is 0 Å². The predicted octanol–water partition coefficient (Wildman–Crippen LogP) is -0.377. The second-order valence-electron chi connectivity index (χ2n) is 4.40. The summed E-state index contributed by atoms with van der Waals surface area (Å²) >= 11 is 0. The van der Waals surface area contributed by atoms with Crippen molar-refractivity contribution in [2.75, 3.05) is 0 Å². The molecule has 1 fully saturated rings. The summed E-state index contributed by atoms with van der Waals surface area (Å²) in [6.07, 6.45) is 0.108. The average Bonchev–Trinajstić information content (AvgIpc) is 2.62. The highest BCUT2D eigenvalue weighted by atomic mass is 16.2. The predicted molar refractivity (Wildman–Crippen MR) is 60.8 cm³/mol. The molecule has 0 aromatic carbocycles. The maximum Gasteiger partial charge on any atom is 0.246 e. The molecule has 1 aromatic heterocycles. The molecule has 0 saturated carbocycles. The molecule has 2 heterocycles. The van der Waals surface area contributed by atoms with Gasteiger partial charge in [0, 0.05) is 18.3 Å². The van der Waals surface area contributed by atoms with E-state index in [0.29, 0.717) is 0 Å². The van der Waals surface area contributed by atoms with Crippen LogP contribution < -0.4 is 5.73 Å². The Labute approximate surface area is 99.4 Å². The minimum atomic E-state index is -0.681. The molecule has 17 heavy (non-hydrogen) atoms. The molecular formula is C11H16N4O2. The summed E-state index contributed by atoms with van der Waals surface area (Å²) in [6.45, 7) is 4.06. The van der Waals surface area contributed by atoms with Crippen LogP contribution in [0.4, 0.5) is 0 Å². The number of imide groups is 1. The van der Waals surface area contributed by atoms with Crippen molar-refractivity contribution < 1.29 is 9.59 Å². The molecule has 0 radical (unpaired) electrons. The fraction of sp³-hybridized carbons (Fsp3) is 0.545. The Morgan fingerprint density at radius 3 is 2.47 bits per heavy atom. The van der Waals surface area contributed by atoms with Gasteiger partial charge in [0.05, 0.1) is 24.7 Å². The number of hydrogen-bond donors (Lipinski definition) is 1. The van der Waals surface area contributed by atoms with Crippen molar-refractivity contribution in [2.24, 2.45) is 12.8 Å². The number of carbonyl (C=O) groups excluding carboxylic acids is 2. The van der Waals surface area contributed by atoms with Gasteiger partial charge in [-0.25, -0.2) is 0 Å². The number of amides is 2. The van der Waals surface area contributed by atoms with Crippen molar-refractivity contribution in [2.45, 2.75) is 32.9 Å². The molecule has 0 spiro atoms. The SMILES string of the molecule is Cc1nn(C)c(C)c1CN1C(=O)C[C@H](N)C1=O. The monoisotopic (exact) mass is 236 g/mol. The number of aromatic nitrogens is 2. The van der Waals surface area contributed by atoms with Crippen LogP contribution in [0.5, 0.6) is 0 Å². The lowest BCUT2D eigenvalue weighted by atomic mass is 10.2. The second kappa shape index (κ2) is 3.96. The van der Waals surface area contributed by atoms with Gasteiger partial charge in [0.25, 0.3) is 0 Å². The topological polar surface area (TPSA) is 81.2 Å². The standard InChI is InChI=1S/C11H16N4O2/c1-6-8(7(2)14(3)13-6)5-15-10(16)4-9(12)11(15)17/h9H,4-5,12H2,1-3H3/t9-/m0/s1. The Kier molecular flexibility index (Phi) is 2.74. The van der Waals surface area contributed by atoms with Gasteiger partial charge in [-0.2, -0.15) is 5.10 Å². The lowest BCUT2D eigenvalue weighted by molar-refractivity contribution is -0.139. The molecule has 2 N–H and O–H groups in total. The van der Waals surface area contributed by atoms with Gasteiger partial charge in [-0.3, -0.25) is 19.2 Å². The van der Waals surface area contributed by atoms with E-state index in [1.54, 1.807) is 4.68 Å². The van der Waals surface area contributed by atoms with Crippen LogP contribution in [-0.4, -0.2) is 32.5 Å². The van der Waals surface area contributed by atoms with Gasteiger partial charge >= 0.3 is 0 Å². The van der Waals surface area contributed by atoms with Gasteiger partial charge in [0.15, 0.2) is 0 Å². The van der Waals surface area contributed by atoms with Gasteiger partial charge < -0.3 is 5.73 Å². The van der Waals surface area contributed by atoms with Crippen LogP contribution in [0.15, 0.2) is 0 Å². The highest BCUT2D eigenvalue weighted by Gasteiger charge is 2.36. The zero-order valence-corrected chi connectivity index (χ0v) is 10.2. The number of nitrogens with two attached hydrogens (primary N) is 1. The highest BCUT2D eigenvalue weighted by molar-refractivity contribution is 6.05. The molecule has 0 unspecified atom stereocenters. The summed E-state index contributed by atoms with van der Waals surface area (Å²) < 4.78 is 1.75. The molecule has 6 nitrogen and oxygen atoms in total. The van der Waals surface area contributed by atoms with E-state index in [1.165, 1.54) is 4.90 Å². The third-order valence-electron chi connectivity index (χ3n) is 3.25. The molecule has 1 aliphatic rings. The lowest BCUT2D eigenvalue weighted by Crippen LogP contribution is -2.35. The van der Waals surface area contributed by atoms with Crippen molar-refractivity contribution in [3.8, 4) is 0 Å². The van der Waals surface area contributed by atoms with Gasteiger partial charge in [-0.15, -0.1) is 0 Å². The van der Waals surface area contributed by atoms with E-state index < -0.39 is 6.04 Å². The Bertz CT molecular complexity index is 492. The fourth-order valence-corrected chi connectivity index (χ4v) is 2.08. The number of likely N-dealkylation sites (tertiary alicyclic amines) is 1. The van der Waals surface area contributed by atoms with E-state index in [9.17, 15) is 9.59 Å². The van der Waals surface area contributed by atoms with Crippen LogP contribution in [0.1, 0.15) is 23.4 Å². The van der Waals surface area contributed by atoms with E-state index in [4.69, 9.17) is 5.73 Å². The molecule has 2 amide bonds. The van der Waals surface area contributed by atoms with Crippen molar-refractivity contribution in [3.05, 3.63) is 17.0 Å². The number of carbonyl (C=O) groups is 2. The van der Waals surface area contributed by atoms with Crippen molar-refractivity contribution in [1.29, 1.82) is 0 Å². The highest BCUT2D eigenvalue weighted by Crippen LogP contribution is 2.19. The summed E-state index contributed by atoms with van der Waals surface area (Å²) in [5, 5.41) is 4.26. The van der Waals surface area contributed by atoms with Gasteiger partial charge in [0.1, 0.15) is 0 Å². The molecule has 92 valence electrons. The van der Waals surface area contributed by atoms with Gasteiger partial charge in [0.2, 0.25) is 11.8 Å². The molecule has 1 saturated heterocycles. The quantitative estimate of drug-likeness (QED) is 0.710. The molecule has 1 aliphatic heterocycles. The maximum atomic E-state index is 11.7. The number of nitrogens with zero attached hydrogens (tertiary/aromatic N) is 3. The molecule has 0 aliphatic carbocycles. The Hall–Kier alpha value is -1.69. The first-order valence-corrected chi connectivity index (χ1v) is 5.50. The molecular weight excluding hydrogens is 220 g/mol. The smallest absolute Gasteiger partial charge is 0.246 e. The third-order valence-corrected chi connectivity index (χ3v) is 3.25. The zero-order chi connectivity index (χ0) is 12.7. The first-order chi connectivity index (χ1) is 7.91. The normalized spacial score (nSPS) is 20.5. The summed E-state index contributed by atoms with van der Waals surface area (Å²) in [5.41, 5.74) is 8.28. The van der Waals surface area contributed by atoms with Crippen molar-refractivity contribution >= 4 is 11.8 Å². The van der Waals surface area contributed by atoms with Crippen molar-refractivity contribution in [1.82, 2.24) is 14.7 Å². The van der Waals surface area contributed by atoms with Crippen LogP contribution >= 0.6 is 0 Å². The second-order valence-corrected chi connectivity index (χ2v) is 4.40. The first kappa shape index (κ1) is 11.8. The van der Waals surface area contributed by atoms with Gasteiger partial charge in [-0.1, -0.05) is 0 Å². The largest absolute Gasteiger partial charge is 0.319 e. The number of rotatable bonds is 2. The summed E-state index contributed by atoms with van der Waals surface area (Å²) in [4.78, 5) is 24.6. The zero-order valence-electron chi connectivity index (χ0n) is 10.2. The minimum Gasteiger partial charge on any atom is -0.319 e. The summed E-state index contributed by atoms with van der Waals surface area (Å²) in [6, 6.07) is -0.681. The lowest BCUT2D eigenvalue weighted by Gasteiger charge is -2.14. The van der Waals surface area contributed by atoms with Gasteiger partial charge in [-0.05, 0) is 13.8 Å². The summed E-state index contributed by atoms with van der Waals surface area (Å²) in [7, 11) is 1.84. The molecule has 2 rings (SSSR count). The molecule has 6 heteroatoms. The first-order valence-electron chi connectivity index (χ1n) is 5.50. The van der Waals surface area contributed by atoms with E-state index in [1.807, 2.05) is 20.9 Å². The van der Waals surface area contributed by atoms with Crippen LogP contribution in [0, 0.1) is 13.8 Å². The maximum absolute atomic E-state index is 11.7. The molecule has 0 bridgehead atoms. The van der Waals surface area contributed by atoms with E-state index in [-0.39, 0.29) is 24.8 Å². The van der Waals surface area contributed by atoms with Crippen LogP contribution in [0.2, 0.25) is 0 Å². The number of aryl methyl sites for hydroxylation is 2. The Morgan fingerprint density at radius 1 is 1.41 bits per heavy atom.